The molecule has 0 atom stereocenters. The van der Waals surface area contributed by atoms with Gasteiger partial charge < -0.3 is 10.6 Å². The molecule has 0 radical (unpaired) electrons. The second-order valence-corrected chi connectivity index (χ2v) is 5.57. The molecule has 0 saturated carbocycles. The monoisotopic (exact) mass is 319 g/mol. The van der Waals surface area contributed by atoms with Crippen molar-refractivity contribution in [3.63, 3.8) is 0 Å². The lowest BCUT2D eigenvalue weighted by Crippen LogP contribution is -2.16. The average molecular weight is 319 g/mol. The number of carbonyl (C=O) groups excluding carboxylic acids is 2. The number of aryl methyl sites for hydroxylation is 1. The Morgan fingerprint density at radius 2 is 1.75 bits per heavy atom. The Kier molecular flexibility index (Phi) is 4.24. The minimum atomic E-state index is -0.316. The van der Waals surface area contributed by atoms with Crippen LogP contribution in [0.15, 0.2) is 54.7 Å². The van der Waals surface area contributed by atoms with E-state index >= 15 is 0 Å². The molecule has 0 fully saturated rings. The maximum Gasteiger partial charge on any atom is 0.274 e. The number of pyridine rings is 1. The Morgan fingerprint density at radius 3 is 2.54 bits per heavy atom. The van der Waals surface area contributed by atoms with Crippen molar-refractivity contribution in [3.8, 4) is 0 Å². The van der Waals surface area contributed by atoms with E-state index in [1.165, 1.54) is 6.92 Å². The molecular weight excluding hydrogens is 302 g/mol. The van der Waals surface area contributed by atoms with Crippen LogP contribution in [0, 0.1) is 6.92 Å². The standard InChI is InChI=1S/C19H17N3O2/c1-12-7-8-16(21-13(2)23)17(11-12)22-19(24)18-15-6-4-3-5-14(15)9-10-20-18/h3-11H,1-2H3,(H,21,23)(H,22,24). The predicted octanol–water partition coefficient (Wildman–Crippen LogP) is 3.75. The van der Waals surface area contributed by atoms with Crippen molar-refractivity contribution in [1.29, 1.82) is 0 Å². The Bertz CT molecular complexity index is 930. The van der Waals surface area contributed by atoms with Crippen molar-refractivity contribution in [1.82, 2.24) is 4.98 Å². The molecule has 0 spiro atoms. The second kappa shape index (κ2) is 6.50. The van der Waals surface area contributed by atoms with Gasteiger partial charge in [0.2, 0.25) is 5.91 Å². The van der Waals surface area contributed by atoms with Crippen LogP contribution in [-0.2, 0) is 4.79 Å². The molecule has 3 rings (SSSR count). The zero-order valence-corrected chi connectivity index (χ0v) is 13.5. The van der Waals surface area contributed by atoms with Gasteiger partial charge in [-0.25, -0.2) is 0 Å². The van der Waals surface area contributed by atoms with E-state index < -0.39 is 0 Å². The molecule has 2 aromatic carbocycles. The van der Waals surface area contributed by atoms with Gasteiger partial charge in [-0.2, -0.15) is 0 Å². The van der Waals surface area contributed by atoms with E-state index in [2.05, 4.69) is 15.6 Å². The minimum Gasteiger partial charge on any atom is -0.325 e. The van der Waals surface area contributed by atoms with Crippen molar-refractivity contribution in [3.05, 3.63) is 66.0 Å². The molecule has 0 bridgehead atoms. The van der Waals surface area contributed by atoms with Crippen LogP contribution in [0.2, 0.25) is 0 Å². The van der Waals surface area contributed by atoms with Crippen LogP contribution in [0.4, 0.5) is 11.4 Å². The molecule has 3 aromatic rings. The van der Waals surface area contributed by atoms with Crippen LogP contribution < -0.4 is 10.6 Å². The quantitative estimate of drug-likeness (QED) is 0.772. The number of fused-ring (bicyclic) bond motifs is 1. The van der Waals surface area contributed by atoms with Gasteiger partial charge in [0, 0.05) is 18.5 Å². The number of nitrogens with zero attached hydrogens (tertiary/aromatic N) is 1. The van der Waals surface area contributed by atoms with Crippen molar-refractivity contribution in [2.75, 3.05) is 10.6 Å². The zero-order valence-electron chi connectivity index (χ0n) is 13.5. The van der Waals surface area contributed by atoms with Gasteiger partial charge in [0.25, 0.3) is 5.91 Å². The number of benzene rings is 2. The molecule has 1 aromatic heterocycles. The highest BCUT2D eigenvalue weighted by molar-refractivity contribution is 6.12. The Morgan fingerprint density at radius 1 is 0.958 bits per heavy atom. The Balaban J connectivity index is 1.97. The molecule has 0 unspecified atom stereocenters. The summed E-state index contributed by atoms with van der Waals surface area (Å²) in [7, 11) is 0. The highest BCUT2D eigenvalue weighted by Crippen LogP contribution is 2.25. The number of rotatable bonds is 3. The Hall–Kier alpha value is -3.21. The van der Waals surface area contributed by atoms with Gasteiger partial charge in [-0.3, -0.25) is 14.6 Å². The molecule has 5 nitrogen and oxygen atoms in total. The molecule has 0 aliphatic heterocycles. The summed E-state index contributed by atoms with van der Waals surface area (Å²) in [5.41, 5.74) is 2.43. The number of hydrogen-bond acceptors (Lipinski definition) is 3. The summed E-state index contributed by atoms with van der Waals surface area (Å²) in [5.74, 6) is -0.512. The summed E-state index contributed by atoms with van der Waals surface area (Å²) in [6.45, 7) is 3.35. The summed E-state index contributed by atoms with van der Waals surface area (Å²) in [6.07, 6.45) is 1.61. The topological polar surface area (TPSA) is 71.1 Å². The zero-order chi connectivity index (χ0) is 17.1. The third-order valence-electron chi connectivity index (χ3n) is 3.62. The number of carbonyl (C=O) groups is 2. The fourth-order valence-corrected chi connectivity index (χ4v) is 2.54. The van der Waals surface area contributed by atoms with Gasteiger partial charge in [0.1, 0.15) is 5.69 Å². The highest BCUT2D eigenvalue weighted by atomic mass is 16.2. The van der Waals surface area contributed by atoms with Gasteiger partial charge in [0.05, 0.1) is 11.4 Å². The summed E-state index contributed by atoms with van der Waals surface area (Å²) in [6, 6.07) is 14.9. The van der Waals surface area contributed by atoms with Gasteiger partial charge >= 0.3 is 0 Å². The molecule has 1 heterocycles. The van der Waals surface area contributed by atoms with Crippen molar-refractivity contribution in [2.45, 2.75) is 13.8 Å². The largest absolute Gasteiger partial charge is 0.325 e. The van der Waals surface area contributed by atoms with E-state index in [1.54, 1.807) is 12.3 Å². The molecule has 24 heavy (non-hydrogen) atoms. The van der Waals surface area contributed by atoms with Crippen molar-refractivity contribution in [2.24, 2.45) is 0 Å². The first-order valence-electron chi connectivity index (χ1n) is 7.58. The highest BCUT2D eigenvalue weighted by Gasteiger charge is 2.14. The molecule has 0 saturated heterocycles. The van der Waals surface area contributed by atoms with E-state index in [9.17, 15) is 9.59 Å². The third-order valence-corrected chi connectivity index (χ3v) is 3.62. The van der Waals surface area contributed by atoms with E-state index in [-0.39, 0.29) is 11.8 Å². The molecule has 120 valence electrons. The van der Waals surface area contributed by atoms with Crippen molar-refractivity contribution >= 4 is 34.0 Å². The smallest absolute Gasteiger partial charge is 0.274 e. The fraction of sp³-hybridized carbons (Fsp3) is 0.105. The maximum absolute atomic E-state index is 12.7. The molecule has 0 aliphatic rings. The number of anilines is 2. The summed E-state index contributed by atoms with van der Waals surface area (Å²) in [5, 5.41) is 7.30. The molecular formula is C19H17N3O2. The molecule has 2 N–H and O–H groups in total. The van der Waals surface area contributed by atoms with E-state index in [4.69, 9.17) is 0 Å². The first kappa shape index (κ1) is 15.7. The van der Waals surface area contributed by atoms with E-state index in [1.807, 2.05) is 49.4 Å². The van der Waals surface area contributed by atoms with E-state index in [0.29, 0.717) is 17.1 Å². The Labute approximate surface area is 139 Å². The van der Waals surface area contributed by atoms with Crippen LogP contribution in [0.5, 0.6) is 0 Å². The molecule has 0 aliphatic carbocycles. The second-order valence-electron chi connectivity index (χ2n) is 5.57. The van der Waals surface area contributed by atoms with Gasteiger partial charge in [-0.1, -0.05) is 30.3 Å². The van der Waals surface area contributed by atoms with Crippen LogP contribution in [0.3, 0.4) is 0 Å². The molecule has 5 heteroatoms. The normalized spacial score (nSPS) is 10.4. The fourth-order valence-electron chi connectivity index (χ4n) is 2.54. The number of nitrogens with one attached hydrogen (secondary N) is 2. The third kappa shape index (κ3) is 3.25. The first-order chi connectivity index (χ1) is 11.5. The van der Waals surface area contributed by atoms with Crippen LogP contribution in [0.1, 0.15) is 23.0 Å². The number of aromatic nitrogens is 1. The maximum atomic E-state index is 12.7. The SMILES string of the molecule is CC(=O)Nc1ccc(C)cc1NC(=O)c1nccc2ccccc12. The first-order valence-corrected chi connectivity index (χ1v) is 7.58. The van der Waals surface area contributed by atoms with Gasteiger partial charge in [-0.05, 0) is 36.1 Å². The lowest BCUT2D eigenvalue weighted by Gasteiger charge is -2.13. The van der Waals surface area contributed by atoms with Gasteiger partial charge in [0.15, 0.2) is 0 Å². The van der Waals surface area contributed by atoms with Gasteiger partial charge in [-0.15, -0.1) is 0 Å². The average Bonchev–Trinajstić information content (AvgIpc) is 2.56. The molecule has 2 amide bonds. The lowest BCUT2D eigenvalue weighted by molar-refractivity contribution is -0.114. The number of amides is 2. The summed E-state index contributed by atoms with van der Waals surface area (Å²) < 4.78 is 0. The van der Waals surface area contributed by atoms with Crippen LogP contribution >= 0.6 is 0 Å². The summed E-state index contributed by atoms with van der Waals surface area (Å²) >= 11 is 0. The van der Waals surface area contributed by atoms with Crippen LogP contribution in [-0.4, -0.2) is 16.8 Å². The predicted molar refractivity (Wildman–Crippen MR) is 95.2 cm³/mol. The van der Waals surface area contributed by atoms with Crippen molar-refractivity contribution < 1.29 is 9.59 Å². The summed E-state index contributed by atoms with van der Waals surface area (Å²) in [4.78, 5) is 28.3. The lowest BCUT2D eigenvalue weighted by atomic mass is 10.1. The number of hydrogen-bond donors (Lipinski definition) is 2. The minimum absolute atomic E-state index is 0.197. The van der Waals surface area contributed by atoms with Crippen LogP contribution in [0.25, 0.3) is 10.8 Å². The van der Waals surface area contributed by atoms with E-state index in [0.717, 1.165) is 16.3 Å².